The minimum absolute atomic E-state index is 0.0366. The van der Waals surface area contributed by atoms with Crippen LogP contribution in [0.4, 0.5) is 0 Å². The second-order valence-electron chi connectivity index (χ2n) is 10.3. The summed E-state index contributed by atoms with van der Waals surface area (Å²) in [6.07, 6.45) is 9.69. The Kier molecular flexibility index (Phi) is 3.48. The normalized spacial score (nSPS) is 49.9. The van der Waals surface area contributed by atoms with Crippen molar-refractivity contribution in [1.29, 1.82) is 0 Å². The fourth-order valence-electron chi connectivity index (χ4n) is 8.16. The number of allylic oxidation sites excluding steroid dienone is 2. The fraction of sp³-hybridized carbons (Fsp3) is 0.783. The maximum absolute atomic E-state index is 13.3. The molecule has 0 spiro atoms. The van der Waals surface area contributed by atoms with Gasteiger partial charge in [-0.15, -0.1) is 0 Å². The molecule has 27 heavy (non-hydrogen) atoms. The van der Waals surface area contributed by atoms with E-state index in [2.05, 4.69) is 6.92 Å². The predicted molar refractivity (Wildman–Crippen MR) is 99.7 cm³/mol. The van der Waals surface area contributed by atoms with E-state index in [1.54, 1.807) is 6.92 Å². The molecule has 0 radical (unpaired) electrons. The fourth-order valence-corrected chi connectivity index (χ4v) is 8.16. The Morgan fingerprint density at radius 3 is 2.56 bits per heavy atom. The SMILES string of the molecule is CC(=O)O[C@H]1CC[C@@]23C[C@]2(C1)C(=O)C=C1[C@@H]2CC[C@H](C(C)=O)[C@@]2(C)CC[C@@H]13. The summed E-state index contributed by atoms with van der Waals surface area (Å²) in [6, 6.07) is 0. The van der Waals surface area contributed by atoms with E-state index in [4.69, 9.17) is 4.74 Å². The van der Waals surface area contributed by atoms with Crippen LogP contribution < -0.4 is 0 Å². The van der Waals surface area contributed by atoms with Gasteiger partial charge in [0.05, 0.1) is 0 Å². The van der Waals surface area contributed by atoms with E-state index >= 15 is 0 Å². The van der Waals surface area contributed by atoms with E-state index in [1.807, 2.05) is 6.08 Å². The lowest BCUT2D eigenvalue weighted by Gasteiger charge is -2.51. The van der Waals surface area contributed by atoms with Gasteiger partial charge in [0.25, 0.3) is 0 Å². The van der Waals surface area contributed by atoms with Gasteiger partial charge in [-0.3, -0.25) is 14.4 Å². The number of ketones is 2. The molecule has 0 N–H and O–H groups in total. The molecule has 5 aliphatic rings. The first-order valence-corrected chi connectivity index (χ1v) is 10.7. The number of fused-ring (bicyclic) bond motifs is 3. The average Bonchev–Trinajstić information content (AvgIpc) is 3.15. The first kappa shape index (κ1) is 17.6. The number of hydrogen-bond acceptors (Lipinski definition) is 4. The molecule has 5 rings (SSSR count). The van der Waals surface area contributed by atoms with Crippen LogP contribution in [0.15, 0.2) is 11.6 Å². The summed E-state index contributed by atoms with van der Waals surface area (Å²) in [5.74, 6) is 1.41. The van der Waals surface area contributed by atoms with Crippen molar-refractivity contribution in [2.75, 3.05) is 0 Å². The van der Waals surface area contributed by atoms with Crippen LogP contribution in [0.5, 0.6) is 0 Å². The van der Waals surface area contributed by atoms with E-state index < -0.39 is 0 Å². The lowest BCUT2D eigenvalue weighted by atomic mass is 9.53. The van der Waals surface area contributed by atoms with Crippen molar-refractivity contribution in [3.8, 4) is 0 Å². The highest BCUT2D eigenvalue weighted by Gasteiger charge is 2.78. The Morgan fingerprint density at radius 1 is 1.07 bits per heavy atom. The lowest BCUT2D eigenvalue weighted by Crippen LogP contribution is -2.47. The Labute approximate surface area is 161 Å². The van der Waals surface area contributed by atoms with Crippen molar-refractivity contribution in [2.24, 2.45) is 34.0 Å². The number of hydrogen-bond donors (Lipinski definition) is 0. The van der Waals surface area contributed by atoms with Crippen molar-refractivity contribution in [2.45, 2.75) is 78.2 Å². The van der Waals surface area contributed by atoms with E-state index in [0.29, 0.717) is 24.0 Å². The zero-order valence-corrected chi connectivity index (χ0v) is 16.7. The van der Waals surface area contributed by atoms with Gasteiger partial charge in [-0.25, -0.2) is 0 Å². The molecule has 146 valence electrons. The van der Waals surface area contributed by atoms with E-state index in [1.165, 1.54) is 12.5 Å². The third-order valence-corrected chi connectivity index (χ3v) is 9.31. The molecular weight excluding hydrogens is 340 g/mol. The number of esters is 1. The summed E-state index contributed by atoms with van der Waals surface area (Å²) in [4.78, 5) is 36.9. The molecule has 0 heterocycles. The minimum atomic E-state index is -0.272. The maximum Gasteiger partial charge on any atom is 0.302 e. The number of carbonyl (C=O) groups excluding carboxylic acids is 3. The van der Waals surface area contributed by atoms with Crippen molar-refractivity contribution in [3.05, 3.63) is 11.6 Å². The quantitative estimate of drug-likeness (QED) is 0.689. The highest BCUT2D eigenvalue weighted by molar-refractivity contribution is 6.01. The number of ether oxygens (including phenoxy) is 1. The first-order valence-electron chi connectivity index (χ1n) is 10.7. The van der Waals surface area contributed by atoms with E-state index in [0.717, 1.165) is 44.9 Å². The number of carbonyl (C=O) groups is 3. The zero-order valence-electron chi connectivity index (χ0n) is 16.7. The molecule has 0 amide bonds. The second kappa shape index (κ2) is 5.33. The summed E-state index contributed by atoms with van der Waals surface area (Å²) < 4.78 is 5.49. The summed E-state index contributed by atoms with van der Waals surface area (Å²) in [6.45, 7) is 5.49. The van der Waals surface area contributed by atoms with Crippen LogP contribution in [-0.4, -0.2) is 23.6 Å². The third kappa shape index (κ3) is 2.08. The summed E-state index contributed by atoms with van der Waals surface area (Å²) in [5.41, 5.74) is 1.25. The van der Waals surface area contributed by atoms with Crippen molar-refractivity contribution in [3.63, 3.8) is 0 Å². The molecule has 4 fully saturated rings. The number of rotatable bonds is 2. The van der Waals surface area contributed by atoms with Gasteiger partial charge in [-0.2, -0.15) is 0 Å². The highest BCUT2D eigenvalue weighted by Crippen LogP contribution is 2.80. The molecule has 0 aliphatic heterocycles. The van der Waals surface area contributed by atoms with Gasteiger partial charge in [-0.1, -0.05) is 12.5 Å². The van der Waals surface area contributed by atoms with E-state index in [9.17, 15) is 14.4 Å². The summed E-state index contributed by atoms with van der Waals surface area (Å²) in [7, 11) is 0. The van der Waals surface area contributed by atoms with Crippen LogP contribution in [-0.2, 0) is 19.1 Å². The second-order valence-corrected chi connectivity index (χ2v) is 10.3. The summed E-state index contributed by atoms with van der Waals surface area (Å²) >= 11 is 0. The van der Waals surface area contributed by atoms with Gasteiger partial charge in [0.1, 0.15) is 11.9 Å². The molecule has 0 aromatic carbocycles. The molecule has 0 unspecified atom stereocenters. The van der Waals surface area contributed by atoms with Crippen LogP contribution in [0, 0.1) is 34.0 Å². The van der Waals surface area contributed by atoms with Gasteiger partial charge >= 0.3 is 5.97 Å². The average molecular weight is 370 g/mol. The Morgan fingerprint density at radius 2 is 1.85 bits per heavy atom. The molecule has 0 aromatic heterocycles. The van der Waals surface area contributed by atoms with Crippen LogP contribution in [0.1, 0.15) is 72.1 Å². The van der Waals surface area contributed by atoms with Gasteiger partial charge in [0.15, 0.2) is 5.78 Å². The highest BCUT2D eigenvalue weighted by atomic mass is 16.5. The maximum atomic E-state index is 13.3. The Balaban J connectivity index is 1.48. The zero-order chi connectivity index (χ0) is 19.2. The lowest BCUT2D eigenvalue weighted by molar-refractivity contribution is -0.151. The first-order chi connectivity index (χ1) is 12.7. The molecule has 5 aliphatic carbocycles. The molecule has 4 heteroatoms. The van der Waals surface area contributed by atoms with E-state index in [-0.39, 0.29) is 40.0 Å². The molecule has 0 bridgehead atoms. The largest absolute Gasteiger partial charge is 0.463 e. The van der Waals surface area contributed by atoms with Crippen molar-refractivity contribution < 1.29 is 19.1 Å². The topological polar surface area (TPSA) is 60.4 Å². The molecular formula is C23H30O4. The number of Topliss-reactive ketones (excluding diaryl/α,β-unsaturated/α-hetero) is 1. The van der Waals surface area contributed by atoms with Crippen LogP contribution in [0.3, 0.4) is 0 Å². The molecule has 7 atom stereocenters. The molecule has 4 saturated carbocycles. The molecule has 4 nitrogen and oxygen atoms in total. The van der Waals surface area contributed by atoms with Crippen LogP contribution in [0.2, 0.25) is 0 Å². The van der Waals surface area contributed by atoms with Gasteiger partial charge in [0.2, 0.25) is 0 Å². The predicted octanol–water partition coefficient (Wildman–Crippen LogP) is 4.02. The third-order valence-electron chi connectivity index (χ3n) is 9.31. The summed E-state index contributed by atoms with van der Waals surface area (Å²) in [5, 5.41) is 0. The monoisotopic (exact) mass is 370 g/mol. The minimum Gasteiger partial charge on any atom is -0.463 e. The standard InChI is InChI=1S/C23H30O4/c1-13(24)17-4-5-18-16-10-20(26)23-11-15(27-14(2)25)6-9-22(23,12-23)19(16)7-8-21(17,18)3/h10,15,17-19H,4-9,11-12H2,1-3H3/t15-,17+,18-,19-,21+,22-,23+/m0/s1. The van der Waals surface area contributed by atoms with Crippen molar-refractivity contribution >= 4 is 17.5 Å². The van der Waals surface area contributed by atoms with Gasteiger partial charge in [-0.05, 0) is 87.0 Å². The van der Waals surface area contributed by atoms with Crippen LogP contribution >= 0.6 is 0 Å². The van der Waals surface area contributed by atoms with Gasteiger partial charge in [0, 0.05) is 18.3 Å². The smallest absolute Gasteiger partial charge is 0.302 e. The van der Waals surface area contributed by atoms with Crippen molar-refractivity contribution in [1.82, 2.24) is 0 Å². The van der Waals surface area contributed by atoms with Gasteiger partial charge < -0.3 is 4.74 Å². The van der Waals surface area contributed by atoms with Crippen LogP contribution in [0.25, 0.3) is 0 Å². The Bertz CT molecular complexity index is 781. The molecule has 0 saturated heterocycles. The Hall–Kier alpha value is -1.45. The molecule has 0 aromatic rings.